The lowest BCUT2D eigenvalue weighted by molar-refractivity contribution is 0.450. The molecule has 0 bridgehead atoms. The van der Waals surface area contributed by atoms with E-state index in [9.17, 15) is 0 Å². The van der Waals surface area contributed by atoms with Crippen LogP contribution in [-0.2, 0) is 5.41 Å². The van der Waals surface area contributed by atoms with E-state index in [4.69, 9.17) is 0 Å². The number of fused-ring (bicyclic) bond motifs is 2. The lowest BCUT2D eigenvalue weighted by Crippen LogP contribution is -2.45. The third-order valence-corrected chi connectivity index (χ3v) is 8.37. The molecule has 3 atom stereocenters. The predicted molar refractivity (Wildman–Crippen MR) is 160 cm³/mol. The van der Waals surface area contributed by atoms with Crippen LogP contribution in [0.3, 0.4) is 0 Å². The minimum absolute atomic E-state index is 0.0816. The Hall–Kier alpha value is -3.06. The topological polar surface area (TPSA) is 3.24 Å². The minimum Gasteiger partial charge on any atom is -0.334 e. The molecular weight excluding hydrogens is 446 g/mol. The van der Waals surface area contributed by atoms with Gasteiger partial charge >= 0.3 is 0 Å². The van der Waals surface area contributed by atoms with E-state index >= 15 is 0 Å². The SMILES string of the molecule is Cc1cc(C)c(C2c3ccc(C(C)(C)C)cc3N(c3ccccc3)[C@H]3C=C(C(C)(C)C)C=CC23)c(C)c1. The van der Waals surface area contributed by atoms with Gasteiger partial charge in [0.1, 0.15) is 0 Å². The highest BCUT2D eigenvalue weighted by Gasteiger charge is 2.43. The summed E-state index contributed by atoms with van der Waals surface area (Å²) < 4.78 is 0. The Morgan fingerprint density at radius 3 is 1.97 bits per heavy atom. The normalized spacial score (nSPS) is 21.4. The zero-order chi connectivity index (χ0) is 26.7. The van der Waals surface area contributed by atoms with E-state index < -0.39 is 0 Å². The lowest BCUT2D eigenvalue weighted by atomic mass is 9.66. The smallest absolute Gasteiger partial charge is 0.0600 e. The first-order valence-corrected chi connectivity index (χ1v) is 13.8. The number of para-hydroxylation sites is 1. The van der Waals surface area contributed by atoms with Crippen molar-refractivity contribution in [2.75, 3.05) is 4.90 Å². The van der Waals surface area contributed by atoms with E-state index in [1.165, 1.54) is 50.3 Å². The molecule has 37 heavy (non-hydrogen) atoms. The molecule has 1 heterocycles. The molecule has 0 N–H and O–H groups in total. The van der Waals surface area contributed by atoms with E-state index in [-0.39, 0.29) is 16.9 Å². The lowest BCUT2D eigenvalue weighted by Gasteiger charge is -2.49. The van der Waals surface area contributed by atoms with Crippen molar-refractivity contribution < 1.29 is 0 Å². The maximum absolute atomic E-state index is 2.62. The maximum atomic E-state index is 2.62. The molecule has 0 amide bonds. The quantitative estimate of drug-likeness (QED) is 0.346. The van der Waals surface area contributed by atoms with Gasteiger partial charge in [0, 0.05) is 23.2 Å². The number of anilines is 2. The summed E-state index contributed by atoms with van der Waals surface area (Å²) in [7, 11) is 0. The van der Waals surface area contributed by atoms with Crippen molar-refractivity contribution in [3.63, 3.8) is 0 Å². The van der Waals surface area contributed by atoms with Gasteiger partial charge in [-0.25, -0.2) is 0 Å². The summed E-state index contributed by atoms with van der Waals surface area (Å²) in [6.07, 6.45) is 7.49. The van der Waals surface area contributed by atoms with Gasteiger partial charge in [0.25, 0.3) is 0 Å². The number of rotatable bonds is 2. The van der Waals surface area contributed by atoms with E-state index in [2.05, 4.69) is 146 Å². The van der Waals surface area contributed by atoms with Crippen LogP contribution in [0.1, 0.15) is 80.8 Å². The molecule has 3 aromatic carbocycles. The van der Waals surface area contributed by atoms with Gasteiger partial charge in [0.2, 0.25) is 0 Å². The molecule has 0 saturated heterocycles. The number of benzene rings is 3. The first kappa shape index (κ1) is 25.6. The van der Waals surface area contributed by atoms with Gasteiger partial charge < -0.3 is 4.90 Å². The Morgan fingerprint density at radius 1 is 0.730 bits per heavy atom. The Kier molecular flexibility index (Phi) is 6.26. The second-order valence-corrected chi connectivity index (χ2v) is 13.3. The Balaban J connectivity index is 1.84. The number of aryl methyl sites for hydroxylation is 3. The minimum atomic E-state index is 0.0816. The van der Waals surface area contributed by atoms with Gasteiger partial charge in [0.05, 0.1) is 6.04 Å². The molecule has 1 nitrogen and oxygen atoms in total. The summed E-state index contributed by atoms with van der Waals surface area (Å²) in [5, 5.41) is 0. The summed E-state index contributed by atoms with van der Waals surface area (Å²) in [5.41, 5.74) is 12.7. The number of nitrogens with zero attached hydrogens (tertiary/aromatic N) is 1. The molecule has 5 rings (SSSR count). The van der Waals surface area contributed by atoms with Crippen LogP contribution >= 0.6 is 0 Å². The van der Waals surface area contributed by atoms with Crippen LogP contribution in [0, 0.1) is 32.1 Å². The molecule has 0 spiro atoms. The highest BCUT2D eigenvalue weighted by atomic mass is 15.2. The summed E-state index contributed by atoms with van der Waals surface area (Å²) in [6, 6.07) is 23.3. The monoisotopic (exact) mass is 489 g/mol. The van der Waals surface area contributed by atoms with Gasteiger partial charge in [-0.15, -0.1) is 0 Å². The van der Waals surface area contributed by atoms with Gasteiger partial charge in [-0.05, 0) is 83.2 Å². The molecular formula is C36H43N. The van der Waals surface area contributed by atoms with Crippen LogP contribution < -0.4 is 4.90 Å². The fourth-order valence-electron chi connectivity index (χ4n) is 6.51. The van der Waals surface area contributed by atoms with E-state index in [1.807, 2.05) is 0 Å². The van der Waals surface area contributed by atoms with Crippen LogP contribution in [0.5, 0.6) is 0 Å². The van der Waals surface area contributed by atoms with Crippen molar-refractivity contribution in [2.45, 2.75) is 79.7 Å². The fourth-order valence-corrected chi connectivity index (χ4v) is 6.51. The molecule has 0 radical (unpaired) electrons. The van der Waals surface area contributed by atoms with E-state index in [0.717, 1.165) is 0 Å². The van der Waals surface area contributed by atoms with Crippen LogP contribution in [0.2, 0.25) is 0 Å². The average molecular weight is 490 g/mol. The van der Waals surface area contributed by atoms with E-state index in [0.29, 0.717) is 11.8 Å². The van der Waals surface area contributed by atoms with Crippen molar-refractivity contribution in [1.29, 1.82) is 0 Å². The average Bonchev–Trinajstić information content (AvgIpc) is 2.81. The standard InChI is InChI=1S/C36H43N/c1-23-19-24(2)33(25(3)20-23)34-29-17-15-26(35(4,5)6)21-31(29)37(28-13-11-10-12-14-28)32-22-27(36(7,8)9)16-18-30(32)34/h10-22,29,31,34H,1-9H3/t29?,31-,34?/m0/s1. The molecule has 2 aliphatic rings. The Morgan fingerprint density at radius 2 is 1.38 bits per heavy atom. The molecule has 0 fully saturated rings. The largest absolute Gasteiger partial charge is 0.334 e. The van der Waals surface area contributed by atoms with Gasteiger partial charge in [0.15, 0.2) is 0 Å². The van der Waals surface area contributed by atoms with Crippen LogP contribution in [0.4, 0.5) is 11.4 Å². The third-order valence-electron chi connectivity index (χ3n) is 8.37. The summed E-state index contributed by atoms with van der Waals surface area (Å²) in [6.45, 7) is 20.8. The summed E-state index contributed by atoms with van der Waals surface area (Å²) in [5.74, 6) is 0.656. The number of hydrogen-bond acceptors (Lipinski definition) is 1. The summed E-state index contributed by atoms with van der Waals surface area (Å²) >= 11 is 0. The van der Waals surface area contributed by atoms with Gasteiger partial charge in [-0.2, -0.15) is 0 Å². The second kappa shape index (κ2) is 9.05. The summed E-state index contributed by atoms with van der Waals surface area (Å²) in [4.78, 5) is 2.62. The zero-order valence-electron chi connectivity index (χ0n) is 24.2. The maximum Gasteiger partial charge on any atom is 0.0600 e. The zero-order valence-corrected chi connectivity index (χ0v) is 24.2. The highest BCUT2D eigenvalue weighted by molar-refractivity contribution is 5.74. The van der Waals surface area contributed by atoms with Crippen molar-refractivity contribution in [1.82, 2.24) is 0 Å². The first-order chi connectivity index (χ1) is 17.4. The Labute approximate surface area is 224 Å². The predicted octanol–water partition coefficient (Wildman–Crippen LogP) is 9.72. The molecule has 1 aliphatic carbocycles. The van der Waals surface area contributed by atoms with Crippen molar-refractivity contribution >= 4 is 11.4 Å². The molecule has 3 aromatic rings. The van der Waals surface area contributed by atoms with Crippen LogP contribution in [-0.4, -0.2) is 6.04 Å². The molecule has 192 valence electrons. The van der Waals surface area contributed by atoms with Gasteiger partial charge in [-0.1, -0.05) is 108 Å². The van der Waals surface area contributed by atoms with Crippen LogP contribution in [0.15, 0.2) is 84.5 Å². The van der Waals surface area contributed by atoms with Gasteiger partial charge in [-0.3, -0.25) is 0 Å². The molecule has 0 aromatic heterocycles. The highest BCUT2D eigenvalue weighted by Crippen LogP contribution is 2.53. The first-order valence-electron chi connectivity index (χ1n) is 13.8. The van der Waals surface area contributed by atoms with Crippen molar-refractivity contribution in [2.24, 2.45) is 11.3 Å². The number of allylic oxidation sites excluding steroid dienone is 2. The van der Waals surface area contributed by atoms with Crippen LogP contribution in [0.25, 0.3) is 0 Å². The molecule has 1 aliphatic heterocycles. The third kappa shape index (κ3) is 4.58. The molecule has 1 heteroatoms. The Bertz CT molecular complexity index is 1350. The fraction of sp³-hybridized carbons (Fsp3) is 0.389. The van der Waals surface area contributed by atoms with Crippen molar-refractivity contribution in [3.8, 4) is 0 Å². The van der Waals surface area contributed by atoms with Crippen molar-refractivity contribution in [3.05, 3.63) is 118 Å². The number of hydrogen-bond donors (Lipinski definition) is 0. The second-order valence-electron chi connectivity index (χ2n) is 13.3. The molecule has 2 unspecified atom stereocenters. The van der Waals surface area contributed by atoms with E-state index in [1.54, 1.807) is 0 Å². The molecule has 0 saturated carbocycles.